The minimum absolute atomic E-state index is 0.00162. The van der Waals surface area contributed by atoms with Gasteiger partial charge in [-0.3, -0.25) is 14.9 Å². The number of carbonyl (C=O) groups excluding carboxylic acids is 2. The van der Waals surface area contributed by atoms with Gasteiger partial charge in [0.25, 0.3) is 5.91 Å². The van der Waals surface area contributed by atoms with Gasteiger partial charge in [0.15, 0.2) is 5.03 Å². The quantitative estimate of drug-likeness (QED) is 0.0846. The van der Waals surface area contributed by atoms with Crippen molar-refractivity contribution in [3.05, 3.63) is 45.5 Å². The summed E-state index contributed by atoms with van der Waals surface area (Å²) < 4.78 is 13.3. The van der Waals surface area contributed by atoms with Gasteiger partial charge >= 0.3 is 7.12 Å². The van der Waals surface area contributed by atoms with Crippen molar-refractivity contribution in [2.75, 3.05) is 6.54 Å². The zero-order chi connectivity index (χ0) is 32.9. The summed E-state index contributed by atoms with van der Waals surface area (Å²) in [6.45, 7) is 17.8. The highest BCUT2D eigenvalue weighted by atomic mass is 16.7. The van der Waals surface area contributed by atoms with Crippen molar-refractivity contribution in [1.29, 1.82) is 0 Å². The van der Waals surface area contributed by atoms with Crippen LogP contribution in [0.15, 0.2) is 24.3 Å². The minimum Gasteiger partial charge on any atom is -0.404 e. The molecule has 2 bridgehead atoms. The molecule has 1 aromatic carbocycles. The lowest BCUT2D eigenvalue weighted by molar-refractivity contribution is -0.627. The topological polar surface area (TPSA) is 157 Å². The number of amides is 2. The van der Waals surface area contributed by atoms with Crippen LogP contribution in [0.3, 0.4) is 0 Å². The zero-order valence-corrected chi connectivity index (χ0v) is 28.0. The van der Waals surface area contributed by atoms with Gasteiger partial charge in [0, 0.05) is 5.56 Å². The number of hydrogen-bond donors (Lipinski definition) is 4. The van der Waals surface area contributed by atoms with Crippen molar-refractivity contribution >= 4 is 18.9 Å². The third-order valence-corrected chi connectivity index (χ3v) is 10.6. The van der Waals surface area contributed by atoms with Crippen LogP contribution in [0.1, 0.15) is 103 Å². The van der Waals surface area contributed by atoms with E-state index in [1.165, 1.54) is 0 Å². The number of benzene rings is 1. The predicted octanol–water partition coefficient (Wildman–Crippen LogP) is 3.55. The lowest BCUT2D eigenvalue weighted by Crippen LogP contribution is -2.65. The van der Waals surface area contributed by atoms with E-state index in [1.807, 2.05) is 12.1 Å². The molecule has 2 saturated heterocycles. The number of nitro groups is 1. The minimum atomic E-state index is -0.818. The van der Waals surface area contributed by atoms with Crippen LogP contribution in [0.2, 0.25) is 0 Å². The lowest BCUT2D eigenvalue weighted by Gasteiger charge is -2.64. The summed E-state index contributed by atoms with van der Waals surface area (Å²) in [5.74, 6) is 0.292. The molecule has 3 saturated carbocycles. The SMILES string of the molecule is CC(C)C[C@H](NC(=O)[C@H](CCCNC1NN1[N+](=O)[O-])NC(=O)c1ccc(C(C)(C)C)cc1)B1O[C@@H]2C[C@@H]3C[C@@H](C3(C)C)[C@]2(C)O1. The molecule has 248 valence electrons. The molecule has 5 fully saturated rings. The van der Waals surface area contributed by atoms with Crippen LogP contribution in [0, 0.1) is 33.3 Å². The van der Waals surface area contributed by atoms with Crippen LogP contribution in [0.25, 0.3) is 0 Å². The molecule has 2 aliphatic heterocycles. The van der Waals surface area contributed by atoms with E-state index in [0.29, 0.717) is 43.2 Å². The molecule has 3 aliphatic carbocycles. The first kappa shape index (κ1) is 33.6. The van der Waals surface area contributed by atoms with Gasteiger partial charge in [-0.1, -0.05) is 60.6 Å². The fourth-order valence-electron chi connectivity index (χ4n) is 7.64. The standard InChI is InChI=1S/C32H51BN6O6/c1-19(2)16-26(33-44-25-18-22-17-24(31(22,6)7)32(25,8)45-33)36-28(41)23(10-9-15-34-29-37-38(29)39(42)43)35-27(40)20-11-13-21(14-12-20)30(3,4)5/h11-14,19,22-26,29,34,37H,9-10,15-18H2,1-8H3,(H,35,40)(H,36,41)/t22-,23-,24-,25+,26-,29?,32-,38?/m0/s1. The molecule has 2 amide bonds. The Balaban J connectivity index is 1.27. The summed E-state index contributed by atoms with van der Waals surface area (Å²) >= 11 is 0. The molecule has 6 rings (SSSR count). The summed E-state index contributed by atoms with van der Waals surface area (Å²) in [6.07, 6.45) is 3.07. The van der Waals surface area contributed by atoms with Crippen molar-refractivity contribution in [2.24, 2.45) is 23.2 Å². The molecule has 45 heavy (non-hydrogen) atoms. The molecular formula is C32H51BN6O6. The van der Waals surface area contributed by atoms with Crippen LogP contribution in [0.4, 0.5) is 0 Å². The Morgan fingerprint density at radius 3 is 2.42 bits per heavy atom. The number of rotatable bonds is 13. The maximum Gasteiger partial charge on any atom is 0.481 e. The van der Waals surface area contributed by atoms with Crippen molar-refractivity contribution < 1.29 is 23.9 Å². The third-order valence-electron chi connectivity index (χ3n) is 10.6. The van der Waals surface area contributed by atoms with Crippen LogP contribution in [0.5, 0.6) is 0 Å². The zero-order valence-electron chi connectivity index (χ0n) is 28.0. The number of carbonyl (C=O) groups is 2. The second-order valence-corrected chi connectivity index (χ2v) is 15.6. The highest BCUT2D eigenvalue weighted by Crippen LogP contribution is 2.65. The van der Waals surface area contributed by atoms with E-state index in [4.69, 9.17) is 9.31 Å². The second kappa shape index (κ2) is 12.5. The maximum atomic E-state index is 13.9. The van der Waals surface area contributed by atoms with Crippen molar-refractivity contribution in [2.45, 2.75) is 123 Å². The molecule has 1 aromatic rings. The van der Waals surface area contributed by atoms with E-state index in [9.17, 15) is 19.7 Å². The van der Waals surface area contributed by atoms with E-state index >= 15 is 0 Å². The third kappa shape index (κ3) is 7.01. The van der Waals surface area contributed by atoms with E-state index in [1.54, 1.807) is 12.1 Å². The predicted molar refractivity (Wildman–Crippen MR) is 171 cm³/mol. The van der Waals surface area contributed by atoms with Gasteiger partial charge in [-0.2, -0.15) is 0 Å². The Labute approximate surface area is 267 Å². The van der Waals surface area contributed by atoms with Crippen molar-refractivity contribution in [1.82, 2.24) is 26.5 Å². The molecule has 0 spiro atoms. The van der Waals surface area contributed by atoms with Gasteiger partial charge in [0.05, 0.1) is 17.6 Å². The monoisotopic (exact) mass is 626 g/mol. The molecular weight excluding hydrogens is 575 g/mol. The van der Waals surface area contributed by atoms with Crippen LogP contribution >= 0.6 is 0 Å². The molecule has 1 unspecified atom stereocenters. The largest absolute Gasteiger partial charge is 0.481 e. The van der Waals surface area contributed by atoms with Gasteiger partial charge in [-0.05, 0) is 97.0 Å². The smallest absolute Gasteiger partial charge is 0.404 e. The molecule has 0 aromatic heterocycles. The summed E-state index contributed by atoms with van der Waals surface area (Å²) in [7, 11) is -0.571. The Hall–Kier alpha value is -2.74. The van der Waals surface area contributed by atoms with Crippen LogP contribution in [-0.2, 0) is 19.5 Å². The van der Waals surface area contributed by atoms with Gasteiger partial charge in [0.2, 0.25) is 12.2 Å². The number of hydrogen-bond acceptors (Lipinski definition) is 8. The Morgan fingerprint density at radius 1 is 1.16 bits per heavy atom. The van der Waals surface area contributed by atoms with E-state index in [-0.39, 0.29) is 40.6 Å². The highest BCUT2D eigenvalue weighted by molar-refractivity contribution is 6.48. The lowest BCUT2D eigenvalue weighted by atomic mass is 9.43. The molecule has 0 radical (unpaired) electrons. The second-order valence-electron chi connectivity index (χ2n) is 15.6. The molecule has 7 atom stereocenters. The molecule has 12 nitrogen and oxygen atoms in total. The van der Waals surface area contributed by atoms with E-state index < -0.39 is 30.1 Å². The molecule has 13 heteroatoms. The van der Waals surface area contributed by atoms with Gasteiger partial charge in [0.1, 0.15) is 6.04 Å². The van der Waals surface area contributed by atoms with Crippen LogP contribution in [-0.4, -0.2) is 65.6 Å². The highest BCUT2D eigenvalue weighted by Gasteiger charge is 2.68. The first-order valence-corrected chi connectivity index (χ1v) is 16.5. The molecule has 4 N–H and O–H groups in total. The number of hydrazine groups is 2. The van der Waals surface area contributed by atoms with Gasteiger partial charge in [-0.15, -0.1) is 5.43 Å². The van der Waals surface area contributed by atoms with E-state index in [0.717, 1.165) is 23.5 Å². The number of nitrogens with one attached hydrogen (secondary N) is 4. The normalized spacial score (nSPS) is 29.4. The number of nitrogens with zero attached hydrogens (tertiary/aromatic N) is 2. The summed E-state index contributed by atoms with van der Waals surface area (Å²) in [6, 6.07) is 6.64. The maximum absolute atomic E-state index is 13.9. The van der Waals surface area contributed by atoms with E-state index in [2.05, 4.69) is 76.8 Å². The first-order chi connectivity index (χ1) is 21.0. The average molecular weight is 627 g/mol. The first-order valence-electron chi connectivity index (χ1n) is 16.5. The summed E-state index contributed by atoms with van der Waals surface area (Å²) in [4.78, 5) is 38.2. The fraction of sp³-hybridized carbons (Fsp3) is 0.750. The Morgan fingerprint density at radius 2 is 1.84 bits per heavy atom. The van der Waals surface area contributed by atoms with Crippen molar-refractivity contribution in [3.63, 3.8) is 0 Å². The van der Waals surface area contributed by atoms with Gasteiger partial charge in [-0.25, -0.2) is 10.1 Å². The fourth-order valence-corrected chi connectivity index (χ4v) is 7.64. The Bertz CT molecular complexity index is 1270. The Kier molecular flexibility index (Phi) is 9.31. The molecule has 2 heterocycles. The van der Waals surface area contributed by atoms with Crippen molar-refractivity contribution in [3.8, 4) is 0 Å². The summed E-state index contributed by atoms with van der Waals surface area (Å²) in [5, 5.41) is 20.4. The average Bonchev–Trinajstić information content (AvgIpc) is 3.65. The van der Waals surface area contributed by atoms with Crippen LogP contribution < -0.4 is 21.4 Å². The van der Waals surface area contributed by atoms with Gasteiger partial charge < -0.3 is 19.9 Å². The molecule has 5 aliphatic rings. The summed E-state index contributed by atoms with van der Waals surface area (Å²) in [5.41, 5.74) is 3.96.